The van der Waals surface area contributed by atoms with Gasteiger partial charge in [-0.05, 0) is 57.4 Å². The van der Waals surface area contributed by atoms with Gasteiger partial charge in [-0.2, -0.15) is 0 Å². The Morgan fingerprint density at radius 2 is 1.95 bits per heavy atom. The van der Waals surface area contributed by atoms with E-state index in [0.29, 0.717) is 30.1 Å². The van der Waals surface area contributed by atoms with Crippen molar-refractivity contribution in [2.24, 2.45) is 0 Å². The monoisotopic (exact) mass is 511 g/mol. The average molecular weight is 512 g/mol. The van der Waals surface area contributed by atoms with Gasteiger partial charge in [0.15, 0.2) is 0 Å². The summed E-state index contributed by atoms with van der Waals surface area (Å²) in [5.41, 5.74) is 4.95. The molecule has 8 nitrogen and oxygen atoms in total. The third-order valence-corrected chi connectivity index (χ3v) is 6.76. The predicted octanol–water partition coefficient (Wildman–Crippen LogP) is 5.98. The number of benzene rings is 1. The van der Waals surface area contributed by atoms with Crippen LogP contribution in [0.5, 0.6) is 5.75 Å². The molecule has 1 N–H and O–H groups in total. The number of halogens is 2. The first kappa shape index (κ1) is 24.9. The summed E-state index contributed by atoms with van der Waals surface area (Å²) in [5, 5.41) is 14.4. The van der Waals surface area contributed by atoms with Crippen molar-refractivity contribution in [3.8, 4) is 28.0 Å². The fourth-order valence-electron chi connectivity index (χ4n) is 5.09. The summed E-state index contributed by atoms with van der Waals surface area (Å²) in [5.74, 6) is -0.415. The molecule has 0 bridgehead atoms. The number of aryl methyl sites for hydroxylation is 3. The predicted molar refractivity (Wildman–Crippen MR) is 132 cm³/mol. The minimum absolute atomic E-state index is 0.0341. The molecule has 3 aromatic heterocycles. The van der Waals surface area contributed by atoms with Crippen molar-refractivity contribution in [2.45, 2.75) is 46.1 Å². The number of pyridine rings is 1. The minimum atomic E-state index is -2.71. The number of carboxylic acid groups (broad SMARTS) is 1. The molecule has 0 amide bonds. The molecule has 1 saturated heterocycles. The van der Waals surface area contributed by atoms with E-state index in [9.17, 15) is 18.7 Å². The third-order valence-electron chi connectivity index (χ3n) is 6.76. The molecule has 1 aliphatic heterocycles. The number of fused-ring (bicyclic) bond motifs is 1. The van der Waals surface area contributed by atoms with E-state index in [1.807, 2.05) is 26.1 Å². The number of alkyl halides is 2. The van der Waals surface area contributed by atoms with Crippen molar-refractivity contribution >= 4 is 17.0 Å². The number of hydrogen-bond donors (Lipinski definition) is 1. The number of carbonyl (C=O) groups is 1. The first-order valence-electron chi connectivity index (χ1n) is 12.1. The van der Waals surface area contributed by atoms with Crippen molar-refractivity contribution in [1.82, 2.24) is 14.7 Å². The second kappa shape index (κ2) is 9.93. The Morgan fingerprint density at radius 1 is 1.19 bits per heavy atom. The Bertz CT molecular complexity index is 1450. The lowest BCUT2D eigenvalue weighted by Crippen LogP contribution is -2.19. The molecule has 0 unspecified atom stereocenters. The molecule has 0 spiro atoms. The van der Waals surface area contributed by atoms with Crippen LogP contribution in [-0.4, -0.2) is 52.0 Å². The Morgan fingerprint density at radius 3 is 2.59 bits per heavy atom. The lowest BCUT2D eigenvalue weighted by Gasteiger charge is -2.24. The highest BCUT2D eigenvalue weighted by molar-refractivity contribution is 6.00. The second-order valence-corrected chi connectivity index (χ2v) is 9.26. The van der Waals surface area contributed by atoms with Gasteiger partial charge < -0.3 is 23.7 Å². The molecule has 1 fully saturated rings. The van der Waals surface area contributed by atoms with Gasteiger partial charge in [0.25, 0.3) is 6.43 Å². The molecule has 10 heteroatoms. The van der Waals surface area contributed by atoms with Crippen LogP contribution >= 0.6 is 0 Å². The summed E-state index contributed by atoms with van der Waals surface area (Å²) < 4.78 is 44.7. The lowest BCUT2D eigenvalue weighted by atomic mass is 9.96. The maximum absolute atomic E-state index is 13.1. The van der Waals surface area contributed by atoms with E-state index in [2.05, 4.69) is 9.72 Å². The molecule has 0 saturated carbocycles. The highest BCUT2D eigenvalue weighted by Gasteiger charge is 2.25. The number of aromatic carboxylic acids is 1. The zero-order valence-electron chi connectivity index (χ0n) is 20.8. The maximum atomic E-state index is 13.1. The molecule has 4 aromatic rings. The fraction of sp³-hybridized carbons (Fsp3) is 0.370. The van der Waals surface area contributed by atoms with Gasteiger partial charge in [-0.15, -0.1) is 0 Å². The van der Waals surface area contributed by atoms with Crippen molar-refractivity contribution in [3.63, 3.8) is 0 Å². The Hall–Kier alpha value is -3.79. The molecule has 1 aromatic carbocycles. The van der Waals surface area contributed by atoms with E-state index in [0.717, 1.165) is 46.3 Å². The molecule has 5 rings (SSSR count). The SMILES string of the molecule is Cc1cc(C(=O)O)cc(OCC(F)F)c1-c1cn(C2CCOCC2)c2ncc(-c3c(C)noc3C)cc12. The van der Waals surface area contributed by atoms with Crippen LogP contribution in [0.2, 0.25) is 0 Å². The van der Waals surface area contributed by atoms with Crippen LogP contribution in [-0.2, 0) is 4.74 Å². The molecule has 0 aliphatic carbocycles. The minimum Gasteiger partial charge on any atom is -0.487 e. The molecular formula is C27H27F2N3O5. The zero-order chi connectivity index (χ0) is 26.3. The number of aromatic nitrogens is 3. The Balaban J connectivity index is 1.76. The van der Waals surface area contributed by atoms with E-state index in [1.165, 1.54) is 12.1 Å². The highest BCUT2D eigenvalue weighted by atomic mass is 19.3. The summed E-state index contributed by atoms with van der Waals surface area (Å²) in [6.45, 7) is 5.85. The lowest BCUT2D eigenvalue weighted by molar-refractivity contribution is 0.0694. The van der Waals surface area contributed by atoms with Crippen LogP contribution in [0.1, 0.15) is 46.3 Å². The third kappa shape index (κ3) is 4.69. The highest BCUT2D eigenvalue weighted by Crippen LogP contribution is 2.42. The van der Waals surface area contributed by atoms with Crippen molar-refractivity contribution < 1.29 is 32.7 Å². The van der Waals surface area contributed by atoms with Crippen molar-refractivity contribution in [3.05, 3.63) is 53.2 Å². The zero-order valence-corrected chi connectivity index (χ0v) is 20.8. The number of ether oxygens (including phenoxy) is 2. The van der Waals surface area contributed by atoms with E-state index in [1.54, 1.807) is 13.1 Å². The Labute approximate surface area is 211 Å². The van der Waals surface area contributed by atoms with E-state index >= 15 is 0 Å². The molecular weight excluding hydrogens is 484 g/mol. The molecule has 37 heavy (non-hydrogen) atoms. The van der Waals surface area contributed by atoms with Crippen LogP contribution < -0.4 is 4.74 Å². The van der Waals surface area contributed by atoms with Gasteiger partial charge >= 0.3 is 5.97 Å². The van der Waals surface area contributed by atoms with Crippen LogP contribution in [0.3, 0.4) is 0 Å². The van der Waals surface area contributed by atoms with Gasteiger partial charge in [0.1, 0.15) is 23.8 Å². The summed E-state index contributed by atoms with van der Waals surface area (Å²) in [4.78, 5) is 16.5. The summed E-state index contributed by atoms with van der Waals surface area (Å²) >= 11 is 0. The number of rotatable bonds is 7. The fourth-order valence-corrected chi connectivity index (χ4v) is 5.09. The van der Waals surface area contributed by atoms with Crippen molar-refractivity contribution in [1.29, 1.82) is 0 Å². The summed E-state index contributed by atoms with van der Waals surface area (Å²) in [6.07, 6.45) is 2.65. The van der Waals surface area contributed by atoms with Crippen molar-refractivity contribution in [2.75, 3.05) is 19.8 Å². The van der Waals surface area contributed by atoms with Gasteiger partial charge in [0, 0.05) is 59.3 Å². The largest absolute Gasteiger partial charge is 0.487 e. The summed E-state index contributed by atoms with van der Waals surface area (Å²) in [7, 11) is 0. The first-order valence-corrected chi connectivity index (χ1v) is 12.1. The topological polar surface area (TPSA) is 99.6 Å². The van der Waals surface area contributed by atoms with Gasteiger partial charge in [-0.1, -0.05) is 5.16 Å². The van der Waals surface area contributed by atoms with E-state index in [4.69, 9.17) is 19.0 Å². The molecule has 1 aliphatic rings. The van der Waals surface area contributed by atoms with E-state index < -0.39 is 19.0 Å². The summed E-state index contributed by atoms with van der Waals surface area (Å²) in [6, 6.07) is 4.96. The van der Waals surface area contributed by atoms with Crippen LogP contribution in [0.25, 0.3) is 33.3 Å². The first-order chi connectivity index (χ1) is 17.7. The van der Waals surface area contributed by atoms with Crippen LogP contribution in [0, 0.1) is 20.8 Å². The van der Waals surface area contributed by atoms with Crippen LogP contribution in [0.4, 0.5) is 8.78 Å². The molecule has 0 radical (unpaired) electrons. The Kier molecular flexibility index (Phi) is 6.68. The van der Waals surface area contributed by atoms with Crippen LogP contribution in [0.15, 0.2) is 35.1 Å². The number of carboxylic acids is 1. The smallest absolute Gasteiger partial charge is 0.335 e. The molecule has 194 valence electrons. The molecule has 0 atom stereocenters. The van der Waals surface area contributed by atoms with Gasteiger partial charge in [-0.3, -0.25) is 0 Å². The quantitative estimate of drug-likeness (QED) is 0.326. The normalized spacial score (nSPS) is 14.5. The maximum Gasteiger partial charge on any atom is 0.335 e. The second-order valence-electron chi connectivity index (χ2n) is 9.26. The van der Waals surface area contributed by atoms with Gasteiger partial charge in [0.05, 0.1) is 11.3 Å². The van der Waals surface area contributed by atoms with E-state index in [-0.39, 0.29) is 17.4 Å². The van der Waals surface area contributed by atoms with Gasteiger partial charge in [-0.25, -0.2) is 18.6 Å². The molecule has 4 heterocycles. The number of hydrogen-bond acceptors (Lipinski definition) is 6. The average Bonchev–Trinajstić information content (AvgIpc) is 3.41. The van der Waals surface area contributed by atoms with Gasteiger partial charge in [0.2, 0.25) is 0 Å². The number of nitrogens with zero attached hydrogens (tertiary/aromatic N) is 3. The standard InChI is InChI=1S/C27H27F2N3O5/c1-14-8-17(27(33)34)10-22(36-13-23(28)29)24(14)21-12-32(19-4-6-35-7-5-19)26-20(21)9-18(11-30-26)25-15(2)31-37-16(25)3/h8-12,19,23H,4-7,13H2,1-3H3,(H,33,34).